The maximum Gasteiger partial charge on any atom is 0.309 e. The van der Waals surface area contributed by atoms with E-state index < -0.39 is 5.41 Å². The molecule has 336 valence electrons. The lowest BCUT2D eigenvalue weighted by atomic mass is 9.32. The van der Waals surface area contributed by atoms with E-state index in [0.29, 0.717) is 74.5 Å². The van der Waals surface area contributed by atoms with Gasteiger partial charge in [0.05, 0.1) is 29.8 Å². The van der Waals surface area contributed by atoms with Gasteiger partial charge in [0.25, 0.3) is 0 Å². The molecule has 1 aromatic rings. The standard InChI is InChI=1S/C53H77NO7/c1-11-59-44(55)35-22-29-54(30-23-35)47(58)53-26-19-36(33(2)3)43(53)37-17-18-41-50(8)24-21-42(49(6,7)40(50)20-25-52(41,10)51(37,9)27-28-53)61-46(57)39-31-38(48(39,4)5)45(56)60-32-34-15-13-12-14-16-34/h12-16,35-43H,2,11,17-32H2,1,3-10H3/t36-,37?,38-,39+,40-,41+,42-,43+,50-,51+,52?,53-/m0/s1. The minimum absolute atomic E-state index is 0.106. The fourth-order valence-corrected chi connectivity index (χ4v) is 16.4. The molecule has 1 aliphatic heterocycles. The van der Waals surface area contributed by atoms with Crippen LogP contribution >= 0.6 is 0 Å². The molecule has 8 rings (SSSR count). The van der Waals surface area contributed by atoms with Gasteiger partial charge in [-0.1, -0.05) is 91.0 Å². The van der Waals surface area contributed by atoms with Crippen molar-refractivity contribution in [3.63, 3.8) is 0 Å². The van der Waals surface area contributed by atoms with E-state index >= 15 is 4.79 Å². The number of allylic oxidation sites excluding steroid dienone is 1. The monoisotopic (exact) mass is 840 g/mol. The van der Waals surface area contributed by atoms with E-state index in [2.05, 4.69) is 53.0 Å². The summed E-state index contributed by atoms with van der Waals surface area (Å²) in [7, 11) is 0. The summed E-state index contributed by atoms with van der Waals surface area (Å²) in [4.78, 5) is 57.0. The number of piperidine rings is 1. The van der Waals surface area contributed by atoms with E-state index in [0.717, 1.165) is 63.4 Å². The minimum Gasteiger partial charge on any atom is -0.466 e. The van der Waals surface area contributed by atoms with Gasteiger partial charge in [-0.3, -0.25) is 19.2 Å². The average Bonchev–Trinajstić information content (AvgIpc) is 3.62. The normalized spacial score (nSPS) is 41.1. The molecule has 1 saturated heterocycles. The summed E-state index contributed by atoms with van der Waals surface area (Å²) in [5.74, 6) is 1.21. The summed E-state index contributed by atoms with van der Waals surface area (Å²) in [5.41, 5.74) is 1.50. The number of amides is 1. The van der Waals surface area contributed by atoms with Gasteiger partial charge in [0.15, 0.2) is 0 Å². The molecule has 8 heteroatoms. The van der Waals surface area contributed by atoms with Gasteiger partial charge in [-0.25, -0.2) is 0 Å². The third-order valence-corrected chi connectivity index (χ3v) is 20.2. The smallest absolute Gasteiger partial charge is 0.309 e. The van der Waals surface area contributed by atoms with Crippen molar-refractivity contribution in [2.45, 2.75) is 158 Å². The number of carbonyl (C=O) groups is 4. The van der Waals surface area contributed by atoms with Crippen LogP contribution in [0.25, 0.3) is 0 Å². The van der Waals surface area contributed by atoms with Crippen LogP contribution in [-0.2, 0) is 40.0 Å². The quantitative estimate of drug-likeness (QED) is 0.139. The van der Waals surface area contributed by atoms with Crippen molar-refractivity contribution in [2.24, 2.45) is 79.8 Å². The van der Waals surface area contributed by atoms with Crippen molar-refractivity contribution in [1.29, 1.82) is 0 Å². The zero-order valence-corrected chi connectivity index (χ0v) is 39.1. The molecule has 1 heterocycles. The number of benzene rings is 1. The first kappa shape index (κ1) is 44.4. The van der Waals surface area contributed by atoms with E-state index in [-0.39, 0.29) is 75.4 Å². The number of esters is 3. The van der Waals surface area contributed by atoms with E-state index in [1.807, 2.05) is 51.1 Å². The number of hydrogen-bond acceptors (Lipinski definition) is 7. The highest BCUT2D eigenvalue weighted by molar-refractivity contribution is 5.85. The second-order valence-corrected chi connectivity index (χ2v) is 23.2. The van der Waals surface area contributed by atoms with Crippen molar-refractivity contribution >= 4 is 23.8 Å². The van der Waals surface area contributed by atoms with Gasteiger partial charge in [0, 0.05) is 18.5 Å². The van der Waals surface area contributed by atoms with Gasteiger partial charge in [0.1, 0.15) is 12.7 Å². The largest absolute Gasteiger partial charge is 0.466 e. The molecule has 7 aliphatic rings. The zero-order valence-electron chi connectivity index (χ0n) is 39.1. The van der Waals surface area contributed by atoms with Crippen LogP contribution in [0.3, 0.4) is 0 Å². The number of carbonyl (C=O) groups excluding carboxylic acids is 4. The first-order chi connectivity index (χ1) is 28.8. The van der Waals surface area contributed by atoms with Crippen LogP contribution in [0.1, 0.15) is 151 Å². The molecule has 0 N–H and O–H groups in total. The second-order valence-electron chi connectivity index (χ2n) is 23.2. The van der Waals surface area contributed by atoms with Crippen LogP contribution in [-0.4, -0.2) is 54.5 Å². The first-order valence-corrected chi connectivity index (χ1v) is 24.3. The van der Waals surface area contributed by atoms with Crippen molar-refractivity contribution in [3.8, 4) is 0 Å². The van der Waals surface area contributed by atoms with Gasteiger partial charge >= 0.3 is 17.9 Å². The molecule has 0 spiro atoms. The highest BCUT2D eigenvalue weighted by Gasteiger charge is 2.72. The maximum atomic E-state index is 15.0. The number of ether oxygens (including phenoxy) is 3. The topological polar surface area (TPSA) is 99.2 Å². The molecule has 6 aliphatic carbocycles. The third-order valence-electron chi connectivity index (χ3n) is 20.2. The van der Waals surface area contributed by atoms with E-state index in [1.165, 1.54) is 12.0 Å². The summed E-state index contributed by atoms with van der Waals surface area (Å²) in [6, 6.07) is 9.74. The predicted octanol–water partition coefficient (Wildman–Crippen LogP) is 10.8. The molecule has 0 radical (unpaired) electrons. The molecule has 7 fully saturated rings. The molecular formula is C53H77NO7. The minimum atomic E-state index is -0.523. The molecule has 12 atom stereocenters. The molecule has 2 unspecified atom stereocenters. The van der Waals surface area contributed by atoms with Crippen LogP contribution in [0.2, 0.25) is 0 Å². The average molecular weight is 840 g/mol. The second kappa shape index (κ2) is 15.8. The van der Waals surface area contributed by atoms with Gasteiger partial charge in [-0.2, -0.15) is 0 Å². The Morgan fingerprint density at radius 2 is 1.39 bits per heavy atom. The summed E-state index contributed by atoms with van der Waals surface area (Å²) in [6.45, 7) is 27.2. The first-order valence-electron chi connectivity index (χ1n) is 24.3. The lowest BCUT2D eigenvalue weighted by Crippen LogP contribution is -2.67. The van der Waals surface area contributed by atoms with E-state index in [4.69, 9.17) is 14.2 Å². The van der Waals surface area contributed by atoms with Crippen molar-refractivity contribution in [3.05, 3.63) is 48.0 Å². The van der Waals surface area contributed by atoms with Gasteiger partial charge in [-0.15, -0.1) is 0 Å². The Hall–Kier alpha value is -3.16. The molecule has 0 aromatic heterocycles. The fourth-order valence-electron chi connectivity index (χ4n) is 16.4. The number of fused-ring (bicyclic) bond motifs is 7. The van der Waals surface area contributed by atoms with Gasteiger partial charge < -0.3 is 19.1 Å². The lowest BCUT2D eigenvalue weighted by molar-refractivity contribution is -0.251. The number of likely N-dealkylation sites (tertiary alicyclic amines) is 1. The molecule has 0 bridgehead atoms. The Balaban J connectivity index is 0.958. The molecule has 61 heavy (non-hydrogen) atoms. The molecule has 8 nitrogen and oxygen atoms in total. The van der Waals surface area contributed by atoms with Crippen LogP contribution in [0.5, 0.6) is 0 Å². The summed E-state index contributed by atoms with van der Waals surface area (Å²) >= 11 is 0. The zero-order chi connectivity index (χ0) is 43.9. The number of hydrogen-bond donors (Lipinski definition) is 0. The van der Waals surface area contributed by atoms with Gasteiger partial charge in [0.2, 0.25) is 5.91 Å². The highest BCUT2D eigenvalue weighted by atomic mass is 16.5. The van der Waals surface area contributed by atoms with Gasteiger partial charge in [-0.05, 0) is 154 Å². The lowest BCUT2D eigenvalue weighted by Gasteiger charge is -2.73. The molecule has 1 amide bonds. The summed E-state index contributed by atoms with van der Waals surface area (Å²) in [5, 5.41) is 0. The van der Waals surface area contributed by atoms with Crippen LogP contribution in [0.15, 0.2) is 42.5 Å². The van der Waals surface area contributed by atoms with E-state index in [9.17, 15) is 14.4 Å². The molecular weight excluding hydrogens is 763 g/mol. The Labute approximate surface area is 367 Å². The SMILES string of the molecule is C=C(C)[C@@H]1CC[C@]2(C(=O)N3CCC(C(=O)OCC)CC3)CC[C@]3(C)C(CC[C@H]4C3(C)CC[C@H]3C(C)(C)[C@@H](OC(=O)[C@H]5C[C@@H](C(=O)OCc6ccccc6)C5(C)C)CC[C@@]34C)[C@@H]12. The third kappa shape index (κ3) is 6.86. The maximum absolute atomic E-state index is 15.0. The highest BCUT2D eigenvalue weighted by Crippen LogP contribution is 2.78. The fraction of sp³-hybridized carbons (Fsp3) is 0.774. The number of rotatable bonds is 9. The van der Waals surface area contributed by atoms with E-state index in [1.54, 1.807) is 0 Å². The van der Waals surface area contributed by atoms with Crippen LogP contribution in [0, 0.1) is 79.8 Å². The summed E-state index contributed by atoms with van der Waals surface area (Å²) < 4.78 is 17.7. The predicted molar refractivity (Wildman–Crippen MR) is 236 cm³/mol. The number of nitrogens with zero attached hydrogens (tertiary/aromatic N) is 1. The van der Waals surface area contributed by atoms with Crippen molar-refractivity contribution < 1.29 is 33.4 Å². The van der Waals surface area contributed by atoms with Crippen molar-refractivity contribution in [2.75, 3.05) is 19.7 Å². The van der Waals surface area contributed by atoms with Crippen molar-refractivity contribution in [1.82, 2.24) is 4.90 Å². The van der Waals surface area contributed by atoms with Crippen LogP contribution < -0.4 is 0 Å². The summed E-state index contributed by atoms with van der Waals surface area (Å²) in [6.07, 6.45) is 12.2. The Bertz CT molecular complexity index is 1880. The molecule has 1 aromatic carbocycles. The van der Waals surface area contributed by atoms with Crippen LogP contribution in [0.4, 0.5) is 0 Å². The Morgan fingerprint density at radius 1 is 0.705 bits per heavy atom. The Morgan fingerprint density at radius 3 is 2.05 bits per heavy atom. The Kier molecular flexibility index (Phi) is 11.5. The molecule has 6 saturated carbocycles.